The Balaban J connectivity index is 1.81. The van der Waals surface area contributed by atoms with Gasteiger partial charge in [0.15, 0.2) is 0 Å². The van der Waals surface area contributed by atoms with Crippen molar-refractivity contribution in [3.63, 3.8) is 0 Å². The molecule has 150 valence electrons. The fourth-order valence-corrected chi connectivity index (χ4v) is 3.85. The quantitative estimate of drug-likeness (QED) is 0.650. The number of hydrogen-bond donors (Lipinski definition) is 1. The second kappa shape index (κ2) is 11.6. The predicted molar refractivity (Wildman–Crippen MR) is 109 cm³/mol. The van der Waals surface area contributed by atoms with Crippen LogP contribution in [0, 0.1) is 5.92 Å². The minimum Gasteiger partial charge on any atom is -0.495 e. The van der Waals surface area contributed by atoms with Gasteiger partial charge in [0.25, 0.3) is 0 Å². The largest absolute Gasteiger partial charge is 0.495 e. The van der Waals surface area contributed by atoms with Gasteiger partial charge in [-0.2, -0.15) is 0 Å². The molecule has 1 saturated carbocycles. The van der Waals surface area contributed by atoms with Gasteiger partial charge in [-0.3, -0.25) is 9.59 Å². The number of ether oxygens (including phenoxy) is 1. The second-order valence-corrected chi connectivity index (χ2v) is 7.46. The molecule has 0 aliphatic heterocycles. The van der Waals surface area contributed by atoms with E-state index >= 15 is 0 Å². The van der Waals surface area contributed by atoms with Gasteiger partial charge in [-0.1, -0.05) is 51.2 Å². The average Bonchev–Trinajstić information content (AvgIpc) is 2.68. The van der Waals surface area contributed by atoms with Gasteiger partial charge in [-0.25, -0.2) is 0 Å². The van der Waals surface area contributed by atoms with E-state index in [1.54, 1.807) is 24.1 Å². The smallest absolute Gasteiger partial charge is 0.244 e. The van der Waals surface area contributed by atoms with Gasteiger partial charge in [0.1, 0.15) is 5.75 Å². The van der Waals surface area contributed by atoms with Crippen LogP contribution in [-0.4, -0.2) is 36.9 Å². The molecule has 1 fully saturated rings. The van der Waals surface area contributed by atoms with Gasteiger partial charge >= 0.3 is 0 Å². The van der Waals surface area contributed by atoms with Crippen molar-refractivity contribution in [3.05, 3.63) is 24.3 Å². The normalized spacial score (nSPS) is 14.6. The van der Waals surface area contributed by atoms with Gasteiger partial charge in [-0.05, 0) is 37.3 Å². The molecule has 2 amide bonds. The van der Waals surface area contributed by atoms with E-state index in [4.69, 9.17) is 4.74 Å². The summed E-state index contributed by atoms with van der Waals surface area (Å²) in [6.07, 6.45) is 10.1. The first-order valence-corrected chi connectivity index (χ1v) is 10.3. The van der Waals surface area contributed by atoms with Crippen LogP contribution in [0.15, 0.2) is 24.3 Å². The summed E-state index contributed by atoms with van der Waals surface area (Å²) in [6, 6.07) is 7.30. The lowest BCUT2D eigenvalue weighted by molar-refractivity contribution is -0.134. The lowest BCUT2D eigenvalue weighted by Crippen LogP contribution is -2.38. The summed E-state index contributed by atoms with van der Waals surface area (Å²) < 4.78 is 5.26. The predicted octanol–water partition coefficient (Wildman–Crippen LogP) is 4.62. The Bertz CT molecular complexity index is 597. The number of carbonyl (C=O) groups is 2. The Morgan fingerprint density at radius 2 is 1.93 bits per heavy atom. The fraction of sp³-hybridized carbons (Fsp3) is 0.636. The molecule has 0 saturated heterocycles. The number of rotatable bonds is 10. The van der Waals surface area contributed by atoms with Crippen LogP contribution in [0.25, 0.3) is 0 Å². The van der Waals surface area contributed by atoms with E-state index in [2.05, 4.69) is 5.32 Å². The standard InChI is InChI=1S/C22H34N2O3/c1-3-16-24(22(26)15-9-12-18-10-5-4-6-11-18)17-21(25)23-19-13-7-8-14-20(19)27-2/h7-8,13-14,18H,3-6,9-12,15-17H2,1-2H3,(H,23,25). The van der Waals surface area contributed by atoms with Crippen molar-refractivity contribution in [1.82, 2.24) is 4.90 Å². The molecule has 5 heteroatoms. The number of hydrogen-bond acceptors (Lipinski definition) is 3. The Hall–Kier alpha value is -2.04. The molecule has 5 nitrogen and oxygen atoms in total. The van der Waals surface area contributed by atoms with Crippen LogP contribution in [0.2, 0.25) is 0 Å². The Morgan fingerprint density at radius 1 is 1.19 bits per heavy atom. The summed E-state index contributed by atoms with van der Waals surface area (Å²) in [5.41, 5.74) is 0.631. The third-order valence-corrected chi connectivity index (χ3v) is 5.29. The van der Waals surface area contributed by atoms with Crippen LogP contribution in [-0.2, 0) is 9.59 Å². The summed E-state index contributed by atoms with van der Waals surface area (Å²) in [6.45, 7) is 2.73. The molecule has 1 aliphatic carbocycles. The van der Waals surface area contributed by atoms with Crippen molar-refractivity contribution in [3.8, 4) is 5.75 Å². The number of para-hydroxylation sites is 2. The first-order valence-electron chi connectivity index (χ1n) is 10.3. The average molecular weight is 375 g/mol. The lowest BCUT2D eigenvalue weighted by Gasteiger charge is -2.24. The summed E-state index contributed by atoms with van der Waals surface area (Å²) in [5, 5.41) is 2.86. The third-order valence-electron chi connectivity index (χ3n) is 5.29. The molecule has 2 rings (SSSR count). The lowest BCUT2D eigenvalue weighted by atomic mass is 9.86. The summed E-state index contributed by atoms with van der Waals surface area (Å²) in [7, 11) is 1.57. The molecule has 0 spiro atoms. The van der Waals surface area contributed by atoms with Crippen molar-refractivity contribution in [2.24, 2.45) is 5.92 Å². The van der Waals surface area contributed by atoms with Crippen LogP contribution in [0.1, 0.15) is 64.7 Å². The summed E-state index contributed by atoms with van der Waals surface area (Å²) >= 11 is 0. The van der Waals surface area contributed by atoms with Crippen LogP contribution < -0.4 is 10.1 Å². The third kappa shape index (κ3) is 7.24. The van der Waals surface area contributed by atoms with Crippen LogP contribution >= 0.6 is 0 Å². The maximum Gasteiger partial charge on any atom is 0.244 e. The zero-order valence-electron chi connectivity index (χ0n) is 16.8. The highest BCUT2D eigenvalue weighted by atomic mass is 16.5. The van der Waals surface area contributed by atoms with E-state index in [0.29, 0.717) is 24.4 Å². The van der Waals surface area contributed by atoms with E-state index in [1.165, 1.54) is 32.1 Å². The maximum absolute atomic E-state index is 12.6. The number of methoxy groups -OCH3 is 1. The minimum atomic E-state index is -0.186. The van der Waals surface area contributed by atoms with Gasteiger partial charge < -0.3 is 15.0 Å². The highest BCUT2D eigenvalue weighted by Crippen LogP contribution is 2.28. The Labute approximate surface area is 163 Å². The first kappa shape index (κ1) is 21.3. The molecule has 27 heavy (non-hydrogen) atoms. The molecular formula is C22H34N2O3. The number of nitrogens with one attached hydrogen (secondary N) is 1. The Kier molecular flexibility index (Phi) is 9.16. The molecule has 1 aromatic carbocycles. The molecule has 1 aliphatic rings. The number of carbonyl (C=O) groups excluding carboxylic acids is 2. The van der Waals surface area contributed by atoms with Crippen LogP contribution in [0.5, 0.6) is 5.75 Å². The van der Waals surface area contributed by atoms with Crippen molar-refractivity contribution in [1.29, 1.82) is 0 Å². The van der Waals surface area contributed by atoms with E-state index in [0.717, 1.165) is 25.2 Å². The molecule has 0 unspecified atom stereocenters. The number of amides is 2. The number of nitrogens with zero attached hydrogens (tertiary/aromatic N) is 1. The first-order chi connectivity index (χ1) is 13.1. The van der Waals surface area contributed by atoms with Gasteiger partial charge in [0, 0.05) is 13.0 Å². The van der Waals surface area contributed by atoms with E-state index in [9.17, 15) is 9.59 Å². The Morgan fingerprint density at radius 3 is 2.63 bits per heavy atom. The zero-order chi connectivity index (χ0) is 19.5. The van der Waals surface area contributed by atoms with E-state index < -0.39 is 0 Å². The highest BCUT2D eigenvalue weighted by molar-refractivity contribution is 5.95. The monoisotopic (exact) mass is 374 g/mol. The van der Waals surface area contributed by atoms with Crippen LogP contribution in [0.3, 0.4) is 0 Å². The maximum atomic E-state index is 12.6. The summed E-state index contributed by atoms with van der Waals surface area (Å²) in [5.74, 6) is 1.31. The molecule has 1 aromatic rings. The summed E-state index contributed by atoms with van der Waals surface area (Å²) in [4.78, 5) is 26.7. The zero-order valence-corrected chi connectivity index (χ0v) is 16.8. The topological polar surface area (TPSA) is 58.6 Å². The van der Waals surface area contributed by atoms with Crippen molar-refractivity contribution in [2.75, 3.05) is 25.5 Å². The van der Waals surface area contributed by atoms with Gasteiger partial charge in [-0.15, -0.1) is 0 Å². The van der Waals surface area contributed by atoms with Gasteiger partial charge in [0.05, 0.1) is 19.3 Å². The molecule has 0 bridgehead atoms. The molecule has 0 aromatic heterocycles. The van der Waals surface area contributed by atoms with Crippen molar-refractivity contribution in [2.45, 2.75) is 64.7 Å². The number of anilines is 1. The van der Waals surface area contributed by atoms with Crippen molar-refractivity contribution < 1.29 is 14.3 Å². The molecule has 0 atom stereocenters. The minimum absolute atomic E-state index is 0.0860. The number of benzene rings is 1. The molecule has 0 heterocycles. The van der Waals surface area contributed by atoms with Crippen molar-refractivity contribution >= 4 is 17.5 Å². The second-order valence-electron chi connectivity index (χ2n) is 7.46. The van der Waals surface area contributed by atoms with E-state index in [1.807, 2.05) is 19.1 Å². The van der Waals surface area contributed by atoms with Gasteiger partial charge in [0.2, 0.25) is 11.8 Å². The molecular weight excluding hydrogens is 340 g/mol. The van der Waals surface area contributed by atoms with Crippen LogP contribution in [0.4, 0.5) is 5.69 Å². The molecule has 1 N–H and O–H groups in total. The highest BCUT2D eigenvalue weighted by Gasteiger charge is 2.19. The molecule has 0 radical (unpaired) electrons. The fourth-order valence-electron chi connectivity index (χ4n) is 3.85. The SMILES string of the molecule is CCCN(CC(=O)Nc1ccccc1OC)C(=O)CCCC1CCCCC1. The van der Waals surface area contributed by atoms with E-state index in [-0.39, 0.29) is 18.4 Å².